The number of hydrogen-bond acceptors (Lipinski definition) is 3. The Labute approximate surface area is 140 Å². The third-order valence-electron chi connectivity index (χ3n) is 3.11. The average Bonchev–Trinajstić information content (AvgIpc) is 2.40. The van der Waals surface area contributed by atoms with Crippen molar-refractivity contribution in [3.8, 4) is 0 Å². The minimum absolute atomic E-state index is 0.134. The van der Waals surface area contributed by atoms with E-state index in [1.54, 1.807) is 0 Å². The van der Waals surface area contributed by atoms with Gasteiger partial charge in [-0.1, -0.05) is 37.3 Å². The molecule has 2 atom stereocenters. The van der Waals surface area contributed by atoms with Crippen LogP contribution in [0.5, 0.6) is 0 Å². The van der Waals surface area contributed by atoms with Crippen LogP contribution in [-0.4, -0.2) is 23.4 Å². The molecule has 0 bridgehead atoms. The summed E-state index contributed by atoms with van der Waals surface area (Å²) in [6, 6.07) is 9.62. The van der Waals surface area contributed by atoms with Gasteiger partial charge in [0, 0.05) is 0 Å². The number of carbonyl (C=O) groups excluding carboxylic acids is 1. The lowest BCUT2D eigenvalue weighted by atomic mass is 9.98. The quantitative estimate of drug-likeness (QED) is 0.843. The number of amides is 1. The summed E-state index contributed by atoms with van der Waals surface area (Å²) in [6.45, 7) is 13.7. The summed E-state index contributed by atoms with van der Waals surface area (Å²) >= 11 is 0. The molecule has 0 aromatic heterocycles. The van der Waals surface area contributed by atoms with E-state index in [-0.39, 0.29) is 17.7 Å². The van der Waals surface area contributed by atoms with E-state index in [9.17, 15) is 4.79 Å². The van der Waals surface area contributed by atoms with Crippen molar-refractivity contribution in [3.05, 3.63) is 35.9 Å². The van der Waals surface area contributed by atoms with Crippen LogP contribution >= 0.6 is 0 Å². The van der Waals surface area contributed by atoms with Crippen molar-refractivity contribution in [1.82, 2.24) is 5.32 Å². The minimum Gasteiger partial charge on any atom is -0.444 e. The lowest BCUT2D eigenvalue weighted by Gasteiger charge is -2.34. The highest BCUT2D eigenvalue weighted by atomic mass is 16.6. The number of alkyl carbamates (subject to hydrolysis) is 1. The molecule has 4 heteroatoms. The molecule has 0 unspecified atom stereocenters. The van der Waals surface area contributed by atoms with Gasteiger partial charge in [-0.3, -0.25) is 0 Å². The molecule has 1 amide bonds. The highest BCUT2D eigenvalue weighted by Gasteiger charge is 2.29. The Balaban J connectivity index is 3.00. The van der Waals surface area contributed by atoms with Crippen LogP contribution < -0.4 is 5.32 Å². The highest BCUT2D eigenvalue weighted by molar-refractivity contribution is 5.68. The SMILES string of the molecule is CC[C@H](OC(C)(C)C)[C@@H](NC(=O)OC(C)(C)C)c1ccccc1. The van der Waals surface area contributed by atoms with Gasteiger partial charge < -0.3 is 14.8 Å². The van der Waals surface area contributed by atoms with Gasteiger partial charge in [-0.05, 0) is 53.5 Å². The Bertz CT molecular complexity index is 486. The second kappa shape index (κ2) is 7.82. The minimum atomic E-state index is -0.530. The van der Waals surface area contributed by atoms with Gasteiger partial charge in [0.25, 0.3) is 0 Å². The number of hydrogen-bond donors (Lipinski definition) is 1. The molecule has 4 nitrogen and oxygen atoms in total. The van der Waals surface area contributed by atoms with Crippen LogP contribution in [0.25, 0.3) is 0 Å². The third-order valence-corrected chi connectivity index (χ3v) is 3.11. The van der Waals surface area contributed by atoms with E-state index in [1.807, 2.05) is 71.9 Å². The molecule has 0 aliphatic carbocycles. The maximum atomic E-state index is 12.2. The van der Waals surface area contributed by atoms with Crippen LogP contribution in [0.2, 0.25) is 0 Å². The van der Waals surface area contributed by atoms with Crippen LogP contribution in [-0.2, 0) is 9.47 Å². The molecule has 1 N–H and O–H groups in total. The highest BCUT2D eigenvalue weighted by Crippen LogP contribution is 2.26. The zero-order chi connectivity index (χ0) is 17.7. The maximum Gasteiger partial charge on any atom is 0.408 e. The predicted octanol–water partition coefficient (Wildman–Crippen LogP) is 4.85. The second-order valence-electron chi connectivity index (χ2n) is 7.71. The number of carbonyl (C=O) groups is 1. The monoisotopic (exact) mass is 321 g/mol. The normalized spacial score (nSPS) is 14.9. The molecule has 0 saturated carbocycles. The molecule has 1 aromatic carbocycles. The number of ether oxygens (including phenoxy) is 2. The van der Waals surface area contributed by atoms with E-state index in [2.05, 4.69) is 12.2 Å². The van der Waals surface area contributed by atoms with Gasteiger partial charge in [0.05, 0.1) is 17.7 Å². The Morgan fingerprint density at radius 3 is 2.04 bits per heavy atom. The summed E-state index contributed by atoms with van der Waals surface area (Å²) in [5, 5.41) is 2.98. The Morgan fingerprint density at radius 2 is 1.61 bits per heavy atom. The van der Waals surface area contributed by atoms with E-state index in [1.165, 1.54) is 0 Å². The Morgan fingerprint density at radius 1 is 1.04 bits per heavy atom. The number of rotatable bonds is 5. The van der Waals surface area contributed by atoms with Crippen molar-refractivity contribution in [1.29, 1.82) is 0 Å². The van der Waals surface area contributed by atoms with Gasteiger partial charge in [-0.25, -0.2) is 4.79 Å². The standard InChI is InChI=1S/C19H31NO3/c1-8-15(22-18(2,3)4)16(14-12-10-9-11-13-14)20-17(21)23-19(5,6)7/h9-13,15-16H,8H2,1-7H3,(H,20,21)/t15-,16-/m0/s1. The maximum absolute atomic E-state index is 12.2. The molecule has 0 heterocycles. The largest absolute Gasteiger partial charge is 0.444 e. The fraction of sp³-hybridized carbons (Fsp3) is 0.632. The van der Waals surface area contributed by atoms with Gasteiger partial charge in [0.2, 0.25) is 0 Å². The van der Waals surface area contributed by atoms with Crippen LogP contribution in [0.4, 0.5) is 4.79 Å². The fourth-order valence-corrected chi connectivity index (χ4v) is 2.33. The van der Waals surface area contributed by atoms with Gasteiger partial charge in [-0.15, -0.1) is 0 Å². The summed E-state index contributed by atoms with van der Waals surface area (Å²) in [7, 11) is 0. The van der Waals surface area contributed by atoms with Crippen LogP contribution in [0.15, 0.2) is 30.3 Å². The Kier molecular flexibility index (Phi) is 6.63. The van der Waals surface area contributed by atoms with Crippen molar-refractivity contribution in [2.75, 3.05) is 0 Å². The lowest BCUT2D eigenvalue weighted by molar-refractivity contribution is -0.0777. The Hall–Kier alpha value is -1.55. The van der Waals surface area contributed by atoms with Crippen LogP contribution in [0.3, 0.4) is 0 Å². The van der Waals surface area contributed by atoms with Crippen molar-refractivity contribution < 1.29 is 14.3 Å². The molecule has 0 fully saturated rings. The molecule has 0 saturated heterocycles. The van der Waals surface area contributed by atoms with E-state index >= 15 is 0 Å². The van der Waals surface area contributed by atoms with Crippen molar-refractivity contribution in [3.63, 3.8) is 0 Å². The van der Waals surface area contributed by atoms with Gasteiger partial charge in [0.15, 0.2) is 0 Å². The first kappa shape index (κ1) is 19.5. The average molecular weight is 321 g/mol. The zero-order valence-corrected chi connectivity index (χ0v) is 15.5. The lowest BCUT2D eigenvalue weighted by Crippen LogP contribution is -2.42. The van der Waals surface area contributed by atoms with Gasteiger partial charge in [0.1, 0.15) is 5.60 Å². The smallest absolute Gasteiger partial charge is 0.408 e. The summed E-state index contributed by atoms with van der Waals surface area (Å²) in [5.74, 6) is 0. The summed E-state index contributed by atoms with van der Waals surface area (Å²) in [6.07, 6.45) is 0.222. The first-order valence-corrected chi connectivity index (χ1v) is 8.24. The second-order valence-corrected chi connectivity index (χ2v) is 7.71. The molecular weight excluding hydrogens is 290 g/mol. The fourth-order valence-electron chi connectivity index (χ4n) is 2.33. The van der Waals surface area contributed by atoms with E-state index in [4.69, 9.17) is 9.47 Å². The summed E-state index contributed by atoms with van der Waals surface area (Å²) < 4.78 is 11.6. The summed E-state index contributed by atoms with van der Waals surface area (Å²) in [4.78, 5) is 12.2. The molecule has 1 rings (SSSR count). The van der Waals surface area contributed by atoms with Gasteiger partial charge >= 0.3 is 6.09 Å². The molecule has 1 aromatic rings. The third kappa shape index (κ3) is 7.51. The first-order chi connectivity index (χ1) is 10.5. The first-order valence-electron chi connectivity index (χ1n) is 8.24. The van der Waals surface area contributed by atoms with Crippen molar-refractivity contribution in [2.45, 2.75) is 78.2 Å². The molecular formula is C19H31NO3. The molecule has 0 aliphatic heterocycles. The van der Waals surface area contributed by atoms with Crippen molar-refractivity contribution in [2.24, 2.45) is 0 Å². The number of nitrogens with one attached hydrogen (secondary N) is 1. The van der Waals surface area contributed by atoms with Gasteiger partial charge in [-0.2, -0.15) is 0 Å². The van der Waals surface area contributed by atoms with E-state index < -0.39 is 11.7 Å². The van der Waals surface area contributed by atoms with Crippen molar-refractivity contribution >= 4 is 6.09 Å². The molecule has 0 spiro atoms. The molecule has 130 valence electrons. The van der Waals surface area contributed by atoms with Crippen LogP contribution in [0, 0.1) is 0 Å². The van der Waals surface area contributed by atoms with Crippen LogP contribution in [0.1, 0.15) is 66.5 Å². The van der Waals surface area contributed by atoms with E-state index in [0.717, 1.165) is 12.0 Å². The predicted molar refractivity (Wildman–Crippen MR) is 93.5 cm³/mol. The molecule has 23 heavy (non-hydrogen) atoms. The molecule has 0 aliphatic rings. The topological polar surface area (TPSA) is 47.6 Å². The summed E-state index contributed by atoms with van der Waals surface area (Å²) in [5.41, 5.74) is 0.191. The molecule has 0 radical (unpaired) electrons. The number of benzene rings is 1. The zero-order valence-electron chi connectivity index (χ0n) is 15.5. The van der Waals surface area contributed by atoms with E-state index in [0.29, 0.717) is 0 Å².